The molecule has 0 aliphatic carbocycles. The highest BCUT2D eigenvalue weighted by Gasteiger charge is 2.12. The fourth-order valence-corrected chi connectivity index (χ4v) is 2.29. The Morgan fingerprint density at radius 3 is 2.65 bits per heavy atom. The van der Waals surface area contributed by atoms with E-state index in [1.54, 1.807) is 24.3 Å². The van der Waals surface area contributed by atoms with Gasteiger partial charge in [0.25, 0.3) is 0 Å². The Balaban J connectivity index is 0.00000200. The van der Waals surface area contributed by atoms with Gasteiger partial charge in [-0.25, -0.2) is 4.79 Å². The van der Waals surface area contributed by atoms with Gasteiger partial charge in [0.05, 0.1) is 19.3 Å². The van der Waals surface area contributed by atoms with Gasteiger partial charge in [-0.15, -0.1) is 12.4 Å². The summed E-state index contributed by atoms with van der Waals surface area (Å²) < 4.78 is 10.3. The SMILES string of the molecule is COC(=O)c1ccc(OCCC2CCCCN2)cc1.Cl. The summed E-state index contributed by atoms with van der Waals surface area (Å²) in [6, 6.07) is 7.64. The minimum Gasteiger partial charge on any atom is -0.494 e. The van der Waals surface area contributed by atoms with Crippen LogP contribution in [-0.2, 0) is 4.74 Å². The maximum atomic E-state index is 11.3. The Kier molecular flexibility index (Phi) is 7.41. The second-order valence-corrected chi connectivity index (χ2v) is 4.80. The van der Waals surface area contributed by atoms with Gasteiger partial charge in [-0.3, -0.25) is 0 Å². The first kappa shape index (κ1) is 16.8. The van der Waals surface area contributed by atoms with Crippen molar-refractivity contribution in [1.29, 1.82) is 0 Å². The third-order valence-electron chi connectivity index (χ3n) is 3.42. The first-order valence-electron chi connectivity index (χ1n) is 6.84. The van der Waals surface area contributed by atoms with E-state index in [2.05, 4.69) is 10.1 Å². The van der Waals surface area contributed by atoms with Crippen LogP contribution >= 0.6 is 12.4 Å². The molecule has 0 aromatic heterocycles. The summed E-state index contributed by atoms with van der Waals surface area (Å²) in [7, 11) is 1.38. The number of rotatable bonds is 5. The number of hydrogen-bond donors (Lipinski definition) is 1. The van der Waals surface area contributed by atoms with Gasteiger partial charge in [-0.1, -0.05) is 6.42 Å². The molecule has 1 aromatic rings. The van der Waals surface area contributed by atoms with Crippen LogP contribution in [0, 0.1) is 0 Å². The van der Waals surface area contributed by atoms with Crippen molar-refractivity contribution in [3.63, 3.8) is 0 Å². The molecule has 1 aromatic carbocycles. The highest BCUT2D eigenvalue weighted by molar-refractivity contribution is 5.89. The summed E-state index contributed by atoms with van der Waals surface area (Å²) in [4.78, 5) is 11.3. The standard InChI is InChI=1S/C15H21NO3.ClH/c1-18-15(17)12-5-7-14(8-6-12)19-11-9-13-4-2-3-10-16-13;/h5-8,13,16H,2-4,9-11H2,1H3;1H. The molecule has 0 bridgehead atoms. The maximum Gasteiger partial charge on any atom is 0.337 e. The number of carbonyl (C=O) groups is 1. The molecular formula is C15H22ClNO3. The summed E-state index contributed by atoms with van der Waals surface area (Å²) in [5, 5.41) is 3.50. The lowest BCUT2D eigenvalue weighted by atomic mass is 10.0. The molecule has 20 heavy (non-hydrogen) atoms. The van der Waals surface area contributed by atoms with Gasteiger partial charge >= 0.3 is 5.97 Å². The highest BCUT2D eigenvalue weighted by Crippen LogP contribution is 2.15. The van der Waals surface area contributed by atoms with E-state index in [0.29, 0.717) is 18.2 Å². The highest BCUT2D eigenvalue weighted by atomic mass is 35.5. The average Bonchev–Trinajstić information content (AvgIpc) is 2.48. The molecule has 0 amide bonds. The van der Waals surface area contributed by atoms with Crippen molar-refractivity contribution in [2.45, 2.75) is 31.7 Å². The Hall–Kier alpha value is -1.26. The number of methoxy groups -OCH3 is 1. The number of benzene rings is 1. The molecule has 1 aliphatic rings. The molecule has 1 heterocycles. The molecule has 112 valence electrons. The van der Waals surface area contributed by atoms with Crippen LogP contribution in [0.5, 0.6) is 5.75 Å². The lowest BCUT2D eigenvalue weighted by molar-refractivity contribution is 0.0600. The number of piperidine rings is 1. The van der Waals surface area contributed by atoms with E-state index < -0.39 is 0 Å². The van der Waals surface area contributed by atoms with Gasteiger partial charge < -0.3 is 14.8 Å². The van der Waals surface area contributed by atoms with E-state index in [0.717, 1.165) is 18.7 Å². The number of carbonyl (C=O) groups excluding carboxylic acids is 1. The smallest absolute Gasteiger partial charge is 0.337 e. The van der Waals surface area contributed by atoms with Crippen LogP contribution in [0.4, 0.5) is 0 Å². The minimum atomic E-state index is -0.321. The summed E-state index contributed by atoms with van der Waals surface area (Å²) in [6.45, 7) is 1.83. The third kappa shape index (κ3) is 5.02. The van der Waals surface area contributed by atoms with Crippen LogP contribution in [0.1, 0.15) is 36.0 Å². The summed E-state index contributed by atoms with van der Waals surface area (Å²) in [6.07, 6.45) is 4.86. The topological polar surface area (TPSA) is 47.6 Å². The first-order valence-corrected chi connectivity index (χ1v) is 6.84. The van der Waals surface area contributed by atoms with Gasteiger partial charge in [-0.05, 0) is 50.1 Å². The van der Waals surface area contributed by atoms with E-state index in [9.17, 15) is 4.79 Å². The van der Waals surface area contributed by atoms with Crippen molar-refractivity contribution in [3.8, 4) is 5.75 Å². The molecule has 1 fully saturated rings. The van der Waals surface area contributed by atoms with E-state index in [1.165, 1.54) is 26.4 Å². The van der Waals surface area contributed by atoms with Gasteiger partial charge in [-0.2, -0.15) is 0 Å². The number of ether oxygens (including phenoxy) is 2. The molecule has 1 unspecified atom stereocenters. The van der Waals surface area contributed by atoms with E-state index in [4.69, 9.17) is 4.74 Å². The van der Waals surface area contributed by atoms with Crippen molar-refractivity contribution in [3.05, 3.63) is 29.8 Å². The largest absolute Gasteiger partial charge is 0.494 e. The van der Waals surface area contributed by atoms with Crippen LogP contribution in [0.2, 0.25) is 0 Å². The molecular weight excluding hydrogens is 278 g/mol. The Morgan fingerprint density at radius 2 is 2.05 bits per heavy atom. The summed E-state index contributed by atoms with van der Waals surface area (Å²) in [5.41, 5.74) is 0.545. The van der Waals surface area contributed by atoms with Crippen LogP contribution in [0.15, 0.2) is 24.3 Å². The van der Waals surface area contributed by atoms with Crippen molar-refractivity contribution in [2.75, 3.05) is 20.3 Å². The van der Waals surface area contributed by atoms with E-state index in [-0.39, 0.29) is 18.4 Å². The molecule has 1 N–H and O–H groups in total. The Bertz CT molecular complexity index is 402. The quantitative estimate of drug-likeness (QED) is 0.849. The van der Waals surface area contributed by atoms with Crippen LogP contribution < -0.4 is 10.1 Å². The third-order valence-corrected chi connectivity index (χ3v) is 3.42. The zero-order chi connectivity index (χ0) is 13.5. The fourth-order valence-electron chi connectivity index (χ4n) is 2.29. The number of esters is 1. The van der Waals surface area contributed by atoms with Crippen LogP contribution in [0.3, 0.4) is 0 Å². The number of nitrogens with one attached hydrogen (secondary N) is 1. The predicted molar refractivity (Wildman–Crippen MR) is 80.8 cm³/mol. The van der Waals surface area contributed by atoms with E-state index in [1.807, 2.05) is 0 Å². The summed E-state index contributed by atoms with van der Waals surface area (Å²) >= 11 is 0. The molecule has 1 atom stereocenters. The molecule has 1 saturated heterocycles. The average molecular weight is 300 g/mol. The summed E-state index contributed by atoms with van der Waals surface area (Å²) in [5.74, 6) is 0.474. The van der Waals surface area contributed by atoms with Crippen LogP contribution in [0.25, 0.3) is 0 Å². The fraction of sp³-hybridized carbons (Fsp3) is 0.533. The second kappa shape index (κ2) is 8.82. The van der Waals surface area contributed by atoms with Gasteiger partial charge in [0.2, 0.25) is 0 Å². The van der Waals surface area contributed by atoms with Crippen molar-refractivity contribution < 1.29 is 14.3 Å². The van der Waals surface area contributed by atoms with Gasteiger partial charge in [0.15, 0.2) is 0 Å². The Labute approximate surface area is 126 Å². The zero-order valence-corrected chi connectivity index (χ0v) is 12.6. The van der Waals surface area contributed by atoms with Gasteiger partial charge in [0.1, 0.15) is 5.75 Å². The first-order chi connectivity index (χ1) is 9.29. The molecule has 5 heteroatoms. The second-order valence-electron chi connectivity index (χ2n) is 4.80. The molecule has 0 spiro atoms. The zero-order valence-electron chi connectivity index (χ0n) is 11.8. The number of halogens is 1. The monoisotopic (exact) mass is 299 g/mol. The molecule has 0 radical (unpaired) electrons. The van der Waals surface area contributed by atoms with Crippen molar-refractivity contribution in [1.82, 2.24) is 5.32 Å². The number of hydrogen-bond acceptors (Lipinski definition) is 4. The predicted octanol–water partition coefficient (Wildman–Crippen LogP) is 2.81. The molecule has 4 nitrogen and oxygen atoms in total. The molecule has 0 saturated carbocycles. The molecule has 2 rings (SSSR count). The van der Waals surface area contributed by atoms with Crippen molar-refractivity contribution in [2.24, 2.45) is 0 Å². The lowest BCUT2D eigenvalue weighted by Crippen LogP contribution is -2.35. The maximum absolute atomic E-state index is 11.3. The normalized spacial score (nSPS) is 17.9. The van der Waals surface area contributed by atoms with Gasteiger partial charge in [0, 0.05) is 6.04 Å². The van der Waals surface area contributed by atoms with E-state index >= 15 is 0 Å². The lowest BCUT2D eigenvalue weighted by Gasteiger charge is -2.23. The van der Waals surface area contributed by atoms with Crippen molar-refractivity contribution >= 4 is 18.4 Å². The van der Waals surface area contributed by atoms with Crippen LogP contribution in [-0.4, -0.2) is 32.3 Å². The molecule has 1 aliphatic heterocycles. The Morgan fingerprint density at radius 1 is 1.30 bits per heavy atom. The minimum absolute atomic E-state index is 0.